The Labute approximate surface area is 63.3 Å². The van der Waals surface area contributed by atoms with Gasteiger partial charge in [0.15, 0.2) is 0 Å². The van der Waals surface area contributed by atoms with Crippen LogP contribution in [0.2, 0.25) is 0 Å². The van der Waals surface area contributed by atoms with Gasteiger partial charge in [-0.25, -0.2) is 4.68 Å². The molecule has 0 radical (unpaired) electrons. The van der Waals surface area contributed by atoms with Gasteiger partial charge in [-0.15, -0.1) is 0 Å². The van der Waals surface area contributed by atoms with Crippen LogP contribution in [0.4, 0.5) is 0 Å². The Morgan fingerprint density at radius 2 is 2.36 bits per heavy atom. The van der Waals surface area contributed by atoms with Crippen LogP contribution >= 0.6 is 0 Å². The second kappa shape index (κ2) is 2.05. The molecule has 0 atom stereocenters. The summed E-state index contributed by atoms with van der Waals surface area (Å²) in [7, 11) is 1.66. The monoisotopic (exact) mass is 148 g/mol. The van der Waals surface area contributed by atoms with Gasteiger partial charge in [0.1, 0.15) is 0 Å². The summed E-state index contributed by atoms with van der Waals surface area (Å²) in [6.45, 7) is 0. The zero-order valence-electron chi connectivity index (χ0n) is 6.24. The van der Waals surface area contributed by atoms with Crippen LogP contribution in [-0.2, 0) is 7.05 Å². The summed E-state index contributed by atoms with van der Waals surface area (Å²) in [5.41, 5.74) is -0.00347. The number of aryl methyl sites for hydroxylation is 1. The Morgan fingerprint density at radius 1 is 1.55 bits per heavy atom. The average Bonchev–Trinajstić information content (AvgIpc) is 2.45. The van der Waals surface area contributed by atoms with Crippen LogP contribution in [0.5, 0.6) is 0 Å². The SMILES string of the molecule is Cn1ncc2c(c1=O)=CCC=2. The van der Waals surface area contributed by atoms with Crippen LogP contribution < -0.4 is 16.0 Å². The molecule has 0 saturated heterocycles. The van der Waals surface area contributed by atoms with Gasteiger partial charge in [0.25, 0.3) is 5.56 Å². The lowest BCUT2D eigenvalue weighted by atomic mass is 10.4. The summed E-state index contributed by atoms with van der Waals surface area (Å²) in [4.78, 5) is 11.3. The number of fused-ring (bicyclic) bond motifs is 1. The van der Waals surface area contributed by atoms with E-state index in [4.69, 9.17) is 0 Å². The van der Waals surface area contributed by atoms with Gasteiger partial charge in [-0.05, 0) is 6.42 Å². The molecule has 1 aromatic heterocycles. The van der Waals surface area contributed by atoms with E-state index in [1.807, 2.05) is 12.2 Å². The van der Waals surface area contributed by atoms with Crippen molar-refractivity contribution in [2.45, 2.75) is 6.42 Å². The van der Waals surface area contributed by atoms with Crippen molar-refractivity contribution in [1.82, 2.24) is 9.78 Å². The highest BCUT2D eigenvalue weighted by Gasteiger charge is 1.98. The Hall–Kier alpha value is -1.38. The van der Waals surface area contributed by atoms with E-state index in [2.05, 4.69) is 5.10 Å². The van der Waals surface area contributed by atoms with Crippen molar-refractivity contribution in [2.24, 2.45) is 7.05 Å². The van der Waals surface area contributed by atoms with Crippen LogP contribution in [-0.4, -0.2) is 9.78 Å². The molecule has 0 fully saturated rings. The number of hydrogen-bond acceptors (Lipinski definition) is 2. The topological polar surface area (TPSA) is 34.9 Å². The lowest BCUT2D eigenvalue weighted by Crippen LogP contribution is -2.43. The van der Waals surface area contributed by atoms with Crippen LogP contribution in [0.25, 0.3) is 12.2 Å². The van der Waals surface area contributed by atoms with E-state index < -0.39 is 0 Å². The third kappa shape index (κ3) is 0.808. The standard InChI is InChI=1S/C8H8N2O/c1-10-8(11)7-4-2-3-6(7)5-9-10/h3-5H,2H2,1H3. The van der Waals surface area contributed by atoms with Gasteiger partial charge in [0.05, 0.1) is 6.20 Å². The zero-order chi connectivity index (χ0) is 7.84. The van der Waals surface area contributed by atoms with Crippen molar-refractivity contribution in [3.05, 3.63) is 27.0 Å². The molecular formula is C8H8N2O. The summed E-state index contributed by atoms with van der Waals surface area (Å²) < 4.78 is 1.36. The molecular weight excluding hydrogens is 140 g/mol. The lowest BCUT2D eigenvalue weighted by molar-refractivity contribution is 0.697. The van der Waals surface area contributed by atoms with Crippen molar-refractivity contribution in [3.63, 3.8) is 0 Å². The summed E-state index contributed by atoms with van der Waals surface area (Å²) in [6, 6.07) is 0. The maximum Gasteiger partial charge on any atom is 0.274 e. The molecule has 56 valence electrons. The molecule has 3 heteroatoms. The first-order chi connectivity index (χ1) is 5.29. The number of rotatable bonds is 0. The van der Waals surface area contributed by atoms with Gasteiger partial charge < -0.3 is 0 Å². The molecule has 0 aromatic carbocycles. The molecule has 1 heterocycles. The first-order valence-corrected chi connectivity index (χ1v) is 3.52. The fourth-order valence-electron chi connectivity index (χ4n) is 1.24. The number of aromatic nitrogens is 2. The average molecular weight is 148 g/mol. The van der Waals surface area contributed by atoms with Gasteiger partial charge in [-0.2, -0.15) is 5.10 Å². The highest BCUT2D eigenvalue weighted by Crippen LogP contribution is 1.83. The van der Waals surface area contributed by atoms with Crippen molar-refractivity contribution in [3.8, 4) is 0 Å². The van der Waals surface area contributed by atoms with E-state index in [0.29, 0.717) is 0 Å². The van der Waals surface area contributed by atoms with Crippen LogP contribution in [0.15, 0.2) is 11.0 Å². The van der Waals surface area contributed by atoms with Crippen molar-refractivity contribution in [2.75, 3.05) is 0 Å². The van der Waals surface area contributed by atoms with E-state index in [-0.39, 0.29) is 5.56 Å². The summed E-state index contributed by atoms with van der Waals surface area (Å²) in [5.74, 6) is 0. The molecule has 1 aliphatic carbocycles. The molecule has 0 amide bonds. The largest absolute Gasteiger partial charge is 0.274 e. The third-order valence-electron chi connectivity index (χ3n) is 1.87. The molecule has 3 nitrogen and oxygen atoms in total. The number of hydrogen-bond donors (Lipinski definition) is 0. The van der Waals surface area contributed by atoms with Crippen molar-refractivity contribution >= 4 is 12.2 Å². The minimum absolute atomic E-state index is 0.00347. The zero-order valence-corrected chi connectivity index (χ0v) is 6.24. The van der Waals surface area contributed by atoms with E-state index in [9.17, 15) is 4.79 Å². The molecule has 1 aromatic rings. The van der Waals surface area contributed by atoms with Crippen LogP contribution in [0, 0.1) is 0 Å². The van der Waals surface area contributed by atoms with Gasteiger partial charge in [0, 0.05) is 17.5 Å². The second-order valence-corrected chi connectivity index (χ2v) is 2.59. The first kappa shape index (κ1) is 6.34. The van der Waals surface area contributed by atoms with Crippen molar-refractivity contribution in [1.29, 1.82) is 0 Å². The predicted octanol–water partition coefficient (Wildman–Crippen LogP) is -1.25. The maximum atomic E-state index is 11.3. The molecule has 0 unspecified atom stereocenters. The fourth-order valence-corrected chi connectivity index (χ4v) is 1.24. The van der Waals surface area contributed by atoms with Gasteiger partial charge in [-0.3, -0.25) is 4.79 Å². The Balaban J connectivity index is 3.07. The van der Waals surface area contributed by atoms with E-state index in [1.54, 1.807) is 13.2 Å². The quantitative estimate of drug-likeness (QED) is 0.460. The Bertz CT molecular complexity index is 456. The summed E-state index contributed by atoms with van der Waals surface area (Å²) in [6.07, 6.45) is 6.51. The van der Waals surface area contributed by atoms with Gasteiger partial charge in [-0.1, -0.05) is 12.2 Å². The first-order valence-electron chi connectivity index (χ1n) is 3.52. The Kier molecular flexibility index (Phi) is 1.18. The molecule has 0 spiro atoms. The minimum Gasteiger partial charge on any atom is -0.267 e. The third-order valence-corrected chi connectivity index (χ3v) is 1.87. The van der Waals surface area contributed by atoms with E-state index in [1.165, 1.54) is 4.68 Å². The summed E-state index contributed by atoms with van der Waals surface area (Å²) >= 11 is 0. The highest BCUT2D eigenvalue weighted by atomic mass is 16.1. The molecule has 0 saturated carbocycles. The molecule has 2 rings (SSSR count). The van der Waals surface area contributed by atoms with Crippen LogP contribution in [0.1, 0.15) is 6.42 Å². The Morgan fingerprint density at radius 3 is 3.18 bits per heavy atom. The smallest absolute Gasteiger partial charge is 0.267 e. The van der Waals surface area contributed by atoms with E-state index >= 15 is 0 Å². The lowest BCUT2D eigenvalue weighted by Gasteiger charge is -1.91. The molecule has 0 aliphatic heterocycles. The summed E-state index contributed by atoms with van der Waals surface area (Å²) in [5, 5.41) is 5.66. The minimum atomic E-state index is -0.00347. The normalized spacial score (nSPS) is 13.5. The van der Waals surface area contributed by atoms with Crippen LogP contribution in [0.3, 0.4) is 0 Å². The number of nitrogens with zero attached hydrogens (tertiary/aromatic N) is 2. The fraction of sp³-hybridized carbons (Fsp3) is 0.250. The molecule has 0 N–H and O–H groups in total. The van der Waals surface area contributed by atoms with Gasteiger partial charge in [0.2, 0.25) is 0 Å². The molecule has 0 bridgehead atoms. The van der Waals surface area contributed by atoms with E-state index in [0.717, 1.165) is 16.9 Å². The highest BCUT2D eigenvalue weighted by molar-refractivity contribution is 5.44. The maximum absolute atomic E-state index is 11.3. The molecule has 1 aliphatic rings. The van der Waals surface area contributed by atoms with Gasteiger partial charge >= 0.3 is 0 Å². The van der Waals surface area contributed by atoms with Crippen molar-refractivity contribution < 1.29 is 0 Å². The second-order valence-electron chi connectivity index (χ2n) is 2.59. The predicted molar refractivity (Wildman–Crippen MR) is 42.3 cm³/mol. The molecule has 11 heavy (non-hydrogen) atoms.